The lowest BCUT2D eigenvalue weighted by atomic mass is 10.1. The highest BCUT2D eigenvalue weighted by Gasteiger charge is 2.16. The molecule has 7 heteroatoms. The largest absolute Gasteiger partial charge is 0.493 e. The lowest BCUT2D eigenvalue weighted by Crippen LogP contribution is -2.08. The smallest absolute Gasteiger partial charge is 0.231 e. The molecule has 0 radical (unpaired) electrons. The van der Waals surface area contributed by atoms with Crippen molar-refractivity contribution in [3.63, 3.8) is 0 Å². The number of nitrogens with one attached hydrogen (secondary N) is 1. The summed E-state index contributed by atoms with van der Waals surface area (Å²) in [7, 11) is 3.25. The molecule has 0 unspecified atom stereocenters. The maximum atomic E-state index is 5.47. The Bertz CT molecular complexity index is 1040. The van der Waals surface area contributed by atoms with Crippen molar-refractivity contribution in [2.75, 3.05) is 26.3 Å². The van der Waals surface area contributed by atoms with Gasteiger partial charge in [-0.05, 0) is 29.7 Å². The zero-order valence-electron chi connectivity index (χ0n) is 17.1. The second-order valence-electron chi connectivity index (χ2n) is 7.35. The number of fused-ring (bicyclic) bond motifs is 2. The molecule has 1 N–H and O–H groups in total. The summed E-state index contributed by atoms with van der Waals surface area (Å²) in [6.07, 6.45) is 0.795. The van der Waals surface area contributed by atoms with E-state index in [0.717, 1.165) is 46.0 Å². The Morgan fingerprint density at radius 3 is 2.52 bits per heavy atom. The quantitative estimate of drug-likeness (QED) is 0.643. The maximum absolute atomic E-state index is 5.47. The summed E-state index contributed by atoms with van der Waals surface area (Å²) in [4.78, 5) is 9.52. The van der Waals surface area contributed by atoms with Crippen molar-refractivity contribution < 1.29 is 18.9 Å². The average molecular weight is 395 g/mol. The molecule has 2 heterocycles. The summed E-state index contributed by atoms with van der Waals surface area (Å²) in [6.45, 7) is 5.17. The van der Waals surface area contributed by atoms with Crippen molar-refractivity contribution in [3.05, 3.63) is 41.7 Å². The molecule has 3 aromatic rings. The van der Waals surface area contributed by atoms with Crippen molar-refractivity contribution in [3.8, 4) is 23.0 Å². The molecule has 2 aromatic carbocycles. The second kappa shape index (κ2) is 8.03. The van der Waals surface area contributed by atoms with E-state index >= 15 is 0 Å². The average Bonchev–Trinajstić information content (AvgIpc) is 3.18. The molecule has 152 valence electrons. The van der Waals surface area contributed by atoms with Crippen molar-refractivity contribution in [2.24, 2.45) is 5.92 Å². The van der Waals surface area contributed by atoms with Gasteiger partial charge in [0.2, 0.25) is 6.79 Å². The van der Waals surface area contributed by atoms with Crippen LogP contribution in [0.1, 0.15) is 25.2 Å². The van der Waals surface area contributed by atoms with E-state index in [1.54, 1.807) is 14.2 Å². The zero-order valence-corrected chi connectivity index (χ0v) is 17.1. The van der Waals surface area contributed by atoms with Crippen LogP contribution in [0.25, 0.3) is 10.9 Å². The fourth-order valence-electron chi connectivity index (χ4n) is 3.33. The fraction of sp³-hybridized carbons (Fsp3) is 0.364. The molecule has 0 saturated carbocycles. The van der Waals surface area contributed by atoms with Crippen LogP contribution in [0.3, 0.4) is 0 Å². The Balaban J connectivity index is 1.70. The highest BCUT2D eigenvalue weighted by molar-refractivity contribution is 5.91. The molecule has 0 spiro atoms. The topological polar surface area (TPSA) is 74.7 Å². The standard InChI is InChI=1S/C22H25N3O4/c1-13(2)7-21-24-16-10-19(27-4)18(26-3)9-15(16)22(25-21)23-11-14-5-6-17-20(8-14)29-12-28-17/h5-6,8-10,13H,7,11-12H2,1-4H3,(H,23,24,25). The number of aromatic nitrogens is 2. The maximum Gasteiger partial charge on any atom is 0.231 e. The van der Waals surface area contributed by atoms with Crippen molar-refractivity contribution in [1.29, 1.82) is 0 Å². The van der Waals surface area contributed by atoms with Gasteiger partial charge in [0, 0.05) is 24.4 Å². The normalized spacial score (nSPS) is 12.4. The van der Waals surface area contributed by atoms with Gasteiger partial charge in [-0.15, -0.1) is 0 Å². The predicted molar refractivity (Wildman–Crippen MR) is 111 cm³/mol. The molecule has 0 amide bonds. The van der Waals surface area contributed by atoms with Gasteiger partial charge in [-0.25, -0.2) is 9.97 Å². The highest BCUT2D eigenvalue weighted by Crippen LogP contribution is 2.35. The third kappa shape index (κ3) is 3.99. The Morgan fingerprint density at radius 2 is 1.76 bits per heavy atom. The van der Waals surface area contributed by atoms with Crippen LogP contribution in [-0.2, 0) is 13.0 Å². The summed E-state index contributed by atoms with van der Waals surface area (Å²) >= 11 is 0. The van der Waals surface area contributed by atoms with Gasteiger partial charge in [-0.1, -0.05) is 19.9 Å². The number of nitrogens with zero attached hydrogens (tertiary/aromatic N) is 2. The van der Waals surface area contributed by atoms with Crippen molar-refractivity contribution >= 4 is 16.7 Å². The van der Waals surface area contributed by atoms with Crippen LogP contribution in [0.4, 0.5) is 5.82 Å². The molecule has 0 fully saturated rings. The Labute approximate surface area is 170 Å². The van der Waals surface area contributed by atoms with Gasteiger partial charge in [-0.2, -0.15) is 0 Å². The number of methoxy groups -OCH3 is 2. The summed E-state index contributed by atoms with van der Waals surface area (Å²) in [5, 5.41) is 4.34. The van der Waals surface area contributed by atoms with E-state index in [4.69, 9.17) is 28.9 Å². The van der Waals surface area contributed by atoms with E-state index in [-0.39, 0.29) is 6.79 Å². The van der Waals surface area contributed by atoms with E-state index in [9.17, 15) is 0 Å². The summed E-state index contributed by atoms with van der Waals surface area (Å²) in [5.74, 6) is 4.86. The first-order chi connectivity index (χ1) is 14.1. The van der Waals surface area contributed by atoms with Crippen LogP contribution in [0.5, 0.6) is 23.0 Å². The van der Waals surface area contributed by atoms with Crippen LogP contribution < -0.4 is 24.3 Å². The SMILES string of the molecule is COc1cc2nc(CC(C)C)nc(NCc3ccc4c(c3)OCO4)c2cc1OC. The number of ether oxygens (including phenoxy) is 4. The molecule has 0 bridgehead atoms. The van der Waals surface area contributed by atoms with Gasteiger partial charge >= 0.3 is 0 Å². The van der Waals surface area contributed by atoms with Crippen LogP contribution in [0, 0.1) is 5.92 Å². The van der Waals surface area contributed by atoms with Crippen molar-refractivity contribution in [2.45, 2.75) is 26.8 Å². The lowest BCUT2D eigenvalue weighted by molar-refractivity contribution is 0.174. The van der Waals surface area contributed by atoms with E-state index < -0.39 is 0 Å². The predicted octanol–water partition coefficient (Wildman–Crippen LogP) is 4.19. The van der Waals surface area contributed by atoms with E-state index in [2.05, 4.69) is 19.2 Å². The van der Waals surface area contributed by atoms with Gasteiger partial charge in [-0.3, -0.25) is 0 Å². The number of hydrogen-bond donors (Lipinski definition) is 1. The van der Waals surface area contributed by atoms with Crippen LogP contribution in [-0.4, -0.2) is 31.0 Å². The molecule has 0 atom stereocenters. The van der Waals surface area contributed by atoms with Gasteiger partial charge in [0.15, 0.2) is 23.0 Å². The van der Waals surface area contributed by atoms with Gasteiger partial charge < -0.3 is 24.3 Å². The molecule has 0 aliphatic carbocycles. The van der Waals surface area contributed by atoms with Crippen molar-refractivity contribution in [1.82, 2.24) is 9.97 Å². The zero-order chi connectivity index (χ0) is 20.4. The number of rotatable bonds is 7. The van der Waals surface area contributed by atoms with Crippen LogP contribution in [0.2, 0.25) is 0 Å². The number of benzene rings is 2. The van der Waals surface area contributed by atoms with Gasteiger partial charge in [0.1, 0.15) is 11.6 Å². The minimum atomic E-state index is 0.267. The molecule has 1 aliphatic heterocycles. The molecule has 0 saturated heterocycles. The third-order valence-corrected chi connectivity index (χ3v) is 4.74. The first-order valence-corrected chi connectivity index (χ1v) is 9.62. The van der Waals surface area contributed by atoms with Gasteiger partial charge in [0.05, 0.1) is 19.7 Å². The minimum absolute atomic E-state index is 0.267. The Morgan fingerprint density at radius 1 is 1.00 bits per heavy atom. The second-order valence-corrected chi connectivity index (χ2v) is 7.35. The molecule has 1 aliphatic rings. The highest BCUT2D eigenvalue weighted by atomic mass is 16.7. The van der Waals surface area contributed by atoms with E-state index in [1.807, 2.05) is 30.3 Å². The summed E-state index contributed by atoms with van der Waals surface area (Å²) in [5.41, 5.74) is 1.90. The van der Waals surface area contributed by atoms with Gasteiger partial charge in [0.25, 0.3) is 0 Å². The first-order valence-electron chi connectivity index (χ1n) is 9.62. The lowest BCUT2D eigenvalue weighted by Gasteiger charge is -2.15. The molecule has 4 rings (SSSR count). The first kappa shape index (κ1) is 19.1. The number of anilines is 1. The monoisotopic (exact) mass is 395 g/mol. The Kier molecular flexibility index (Phi) is 5.29. The third-order valence-electron chi connectivity index (χ3n) is 4.74. The summed E-state index contributed by atoms with van der Waals surface area (Å²) < 4.78 is 21.8. The molecular formula is C22H25N3O4. The molecule has 29 heavy (non-hydrogen) atoms. The number of hydrogen-bond acceptors (Lipinski definition) is 7. The fourth-order valence-corrected chi connectivity index (χ4v) is 3.33. The van der Waals surface area contributed by atoms with E-state index in [0.29, 0.717) is 24.0 Å². The molecular weight excluding hydrogens is 370 g/mol. The van der Waals surface area contributed by atoms with Crippen LogP contribution >= 0.6 is 0 Å². The van der Waals surface area contributed by atoms with Crippen LogP contribution in [0.15, 0.2) is 30.3 Å². The Hall–Kier alpha value is -3.22. The minimum Gasteiger partial charge on any atom is -0.493 e. The molecule has 1 aromatic heterocycles. The summed E-state index contributed by atoms with van der Waals surface area (Å²) in [6, 6.07) is 9.73. The van der Waals surface area contributed by atoms with E-state index in [1.165, 1.54) is 0 Å². The molecule has 7 nitrogen and oxygen atoms in total.